The van der Waals surface area contributed by atoms with Crippen molar-refractivity contribution in [3.05, 3.63) is 35.6 Å². The van der Waals surface area contributed by atoms with E-state index in [4.69, 9.17) is 4.74 Å². The van der Waals surface area contributed by atoms with Gasteiger partial charge >= 0.3 is 0 Å². The minimum Gasteiger partial charge on any atom is -0.378 e. The van der Waals surface area contributed by atoms with Crippen LogP contribution in [0.1, 0.15) is 70.8 Å². The van der Waals surface area contributed by atoms with Crippen LogP contribution in [0.5, 0.6) is 0 Å². The summed E-state index contributed by atoms with van der Waals surface area (Å²) in [4.78, 5) is 0. The molecular formula is C21H34FNO3S. The third-order valence-electron chi connectivity index (χ3n) is 5.90. The summed E-state index contributed by atoms with van der Waals surface area (Å²) in [6.45, 7) is 6.88. The third kappa shape index (κ3) is 7.51. The molecule has 0 spiro atoms. The van der Waals surface area contributed by atoms with Crippen molar-refractivity contribution in [2.75, 3.05) is 6.61 Å². The van der Waals surface area contributed by atoms with Gasteiger partial charge in [0.2, 0.25) is 10.9 Å². The quantitative estimate of drug-likeness (QED) is 0.573. The minimum atomic E-state index is -2.60. The van der Waals surface area contributed by atoms with Crippen molar-refractivity contribution in [1.29, 1.82) is 0 Å². The lowest BCUT2D eigenvalue weighted by Gasteiger charge is -2.31. The summed E-state index contributed by atoms with van der Waals surface area (Å²) in [5, 5.41) is 0. The average Bonchev–Trinajstić information content (AvgIpc) is 2.65. The maximum absolute atomic E-state index is 13.4. The highest BCUT2D eigenvalue weighted by molar-refractivity contribution is 7.70. The minimum absolute atomic E-state index is 0.0790. The standard InChI is InChI=1S/C21H34FNO3S/c1-4-15(2)12-21(23-27(24)25)16(3)14-26-20-10-8-17(9-11-20)18-6-5-7-19(22)13-18/h5-7,13,15-17,20-21,27H,4,8-12,14H2,1-3H3,(H,23,24,25). The van der Waals surface area contributed by atoms with E-state index >= 15 is 0 Å². The number of ether oxygens (including phenoxy) is 1. The van der Waals surface area contributed by atoms with E-state index in [1.54, 1.807) is 12.1 Å². The van der Waals surface area contributed by atoms with Crippen molar-refractivity contribution >= 4 is 10.9 Å². The molecule has 0 bridgehead atoms. The van der Waals surface area contributed by atoms with Crippen molar-refractivity contribution in [1.82, 2.24) is 4.72 Å². The van der Waals surface area contributed by atoms with Crippen LogP contribution in [0.2, 0.25) is 0 Å². The van der Waals surface area contributed by atoms with E-state index in [2.05, 4.69) is 25.5 Å². The van der Waals surface area contributed by atoms with Crippen LogP contribution in [-0.4, -0.2) is 27.2 Å². The van der Waals surface area contributed by atoms with Crippen molar-refractivity contribution in [3.63, 3.8) is 0 Å². The molecule has 0 radical (unpaired) electrons. The monoisotopic (exact) mass is 399 g/mol. The largest absolute Gasteiger partial charge is 0.378 e. The lowest BCUT2D eigenvalue weighted by molar-refractivity contribution is 0.00137. The Morgan fingerprint density at radius 3 is 2.52 bits per heavy atom. The molecule has 3 unspecified atom stereocenters. The van der Waals surface area contributed by atoms with Crippen LogP contribution < -0.4 is 4.72 Å². The lowest BCUT2D eigenvalue weighted by atomic mass is 9.82. The molecule has 0 heterocycles. The first-order valence-electron chi connectivity index (χ1n) is 10.2. The number of thiol groups is 1. The maximum atomic E-state index is 13.4. The molecule has 1 fully saturated rings. The van der Waals surface area contributed by atoms with Gasteiger partial charge < -0.3 is 4.74 Å². The van der Waals surface area contributed by atoms with Gasteiger partial charge in [-0.25, -0.2) is 17.5 Å². The van der Waals surface area contributed by atoms with Crippen LogP contribution in [0.25, 0.3) is 0 Å². The average molecular weight is 400 g/mol. The Morgan fingerprint density at radius 1 is 1.22 bits per heavy atom. The zero-order valence-electron chi connectivity index (χ0n) is 16.7. The second kappa shape index (κ2) is 11.1. The number of hydrogen-bond acceptors (Lipinski definition) is 3. The van der Waals surface area contributed by atoms with E-state index in [0.717, 1.165) is 44.1 Å². The number of benzene rings is 1. The van der Waals surface area contributed by atoms with Crippen LogP contribution in [0.15, 0.2) is 24.3 Å². The highest BCUT2D eigenvalue weighted by atomic mass is 32.2. The number of halogens is 1. The first-order chi connectivity index (χ1) is 12.9. The first-order valence-corrected chi connectivity index (χ1v) is 11.3. The number of nitrogens with one attached hydrogen (secondary N) is 1. The van der Waals surface area contributed by atoms with Gasteiger partial charge in [0.05, 0.1) is 12.7 Å². The summed E-state index contributed by atoms with van der Waals surface area (Å²) in [5.41, 5.74) is 1.08. The molecule has 0 aromatic heterocycles. The molecule has 1 aromatic rings. The molecular weight excluding hydrogens is 365 g/mol. The summed E-state index contributed by atoms with van der Waals surface area (Å²) >= 11 is 0. The van der Waals surface area contributed by atoms with Crippen LogP contribution in [0.3, 0.4) is 0 Å². The van der Waals surface area contributed by atoms with Crippen molar-refractivity contribution in [2.45, 2.75) is 77.4 Å². The summed E-state index contributed by atoms with van der Waals surface area (Å²) in [7, 11) is -2.60. The number of hydrogen-bond donors (Lipinski definition) is 2. The molecule has 1 N–H and O–H groups in total. The van der Waals surface area contributed by atoms with Gasteiger partial charge in [-0.1, -0.05) is 39.3 Å². The molecule has 6 heteroatoms. The molecule has 3 atom stereocenters. The Labute approximate surface area is 165 Å². The predicted octanol–water partition coefficient (Wildman–Crippen LogP) is 4.43. The molecule has 0 aliphatic heterocycles. The van der Waals surface area contributed by atoms with Gasteiger partial charge in [-0.3, -0.25) is 0 Å². The maximum Gasteiger partial charge on any atom is 0.201 e. The summed E-state index contributed by atoms with van der Waals surface area (Å²) in [6.07, 6.45) is 6.01. The summed E-state index contributed by atoms with van der Waals surface area (Å²) in [5.74, 6) is 0.841. The molecule has 1 aliphatic carbocycles. The molecule has 2 rings (SSSR count). The molecule has 1 aliphatic rings. The fraction of sp³-hybridized carbons (Fsp3) is 0.714. The SMILES string of the molecule is CCC(C)CC(N[SH](=O)=O)C(C)COC1CCC(c2cccc(F)c2)CC1. The summed E-state index contributed by atoms with van der Waals surface area (Å²) in [6, 6.07) is 6.83. The first kappa shape index (κ1) is 22.3. The van der Waals surface area contributed by atoms with Gasteiger partial charge in [-0.05, 0) is 67.6 Å². The van der Waals surface area contributed by atoms with Crippen LogP contribution >= 0.6 is 0 Å². The lowest BCUT2D eigenvalue weighted by Crippen LogP contribution is -2.38. The van der Waals surface area contributed by atoms with Crippen molar-refractivity contribution < 1.29 is 17.5 Å². The zero-order valence-corrected chi connectivity index (χ0v) is 17.6. The van der Waals surface area contributed by atoms with E-state index in [9.17, 15) is 12.8 Å². The highest BCUT2D eigenvalue weighted by Crippen LogP contribution is 2.34. The third-order valence-corrected chi connectivity index (χ3v) is 6.44. The van der Waals surface area contributed by atoms with Crippen LogP contribution in [-0.2, 0) is 15.6 Å². The zero-order chi connectivity index (χ0) is 19.8. The Balaban J connectivity index is 1.80. The molecule has 27 heavy (non-hydrogen) atoms. The molecule has 0 amide bonds. The number of rotatable bonds is 10. The topological polar surface area (TPSA) is 55.4 Å². The predicted molar refractivity (Wildman–Crippen MR) is 108 cm³/mol. The Bertz CT molecular complexity index is 636. The van der Waals surface area contributed by atoms with Gasteiger partial charge in [0, 0.05) is 6.04 Å². The van der Waals surface area contributed by atoms with E-state index in [1.165, 1.54) is 6.07 Å². The van der Waals surface area contributed by atoms with Crippen LogP contribution in [0, 0.1) is 17.7 Å². The van der Waals surface area contributed by atoms with E-state index in [-0.39, 0.29) is 23.9 Å². The second-order valence-electron chi connectivity index (χ2n) is 8.08. The fourth-order valence-corrected chi connectivity index (χ4v) is 4.51. The van der Waals surface area contributed by atoms with Crippen molar-refractivity contribution in [3.8, 4) is 0 Å². The van der Waals surface area contributed by atoms with Crippen LogP contribution in [0.4, 0.5) is 4.39 Å². The van der Waals surface area contributed by atoms with Gasteiger partial charge in [-0.2, -0.15) is 0 Å². The Hall–Kier alpha value is -0.980. The van der Waals surface area contributed by atoms with Gasteiger partial charge in [0.25, 0.3) is 0 Å². The summed E-state index contributed by atoms with van der Waals surface area (Å²) < 4.78 is 44.5. The Kier molecular flexibility index (Phi) is 9.19. The van der Waals surface area contributed by atoms with E-state index < -0.39 is 10.9 Å². The highest BCUT2D eigenvalue weighted by Gasteiger charge is 2.25. The van der Waals surface area contributed by atoms with Gasteiger partial charge in [0.15, 0.2) is 0 Å². The fourth-order valence-electron chi connectivity index (χ4n) is 3.88. The Morgan fingerprint density at radius 2 is 1.93 bits per heavy atom. The van der Waals surface area contributed by atoms with E-state index in [1.807, 2.05) is 6.07 Å². The van der Waals surface area contributed by atoms with Gasteiger partial charge in [0.1, 0.15) is 5.82 Å². The van der Waals surface area contributed by atoms with E-state index in [0.29, 0.717) is 18.4 Å². The van der Waals surface area contributed by atoms with Crippen molar-refractivity contribution in [2.24, 2.45) is 11.8 Å². The molecule has 4 nitrogen and oxygen atoms in total. The normalized spacial score (nSPS) is 23.9. The second-order valence-corrected chi connectivity index (χ2v) is 8.85. The molecule has 1 aromatic carbocycles. The van der Waals surface area contributed by atoms with Gasteiger partial charge in [-0.15, -0.1) is 0 Å². The molecule has 0 saturated heterocycles. The smallest absolute Gasteiger partial charge is 0.201 e. The molecule has 154 valence electrons. The molecule has 1 saturated carbocycles.